The Bertz CT molecular complexity index is 776. The van der Waals surface area contributed by atoms with Gasteiger partial charge in [0.15, 0.2) is 0 Å². The zero-order valence-electron chi connectivity index (χ0n) is 14.7. The number of nitrogens with zero attached hydrogens (tertiary/aromatic N) is 3. The largest absolute Gasteiger partial charge is 0.365 e. The van der Waals surface area contributed by atoms with E-state index >= 15 is 0 Å². The van der Waals surface area contributed by atoms with E-state index in [9.17, 15) is 8.42 Å². The Morgan fingerprint density at radius 1 is 1.28 bits per heavy atom. The van der Waals surface area contributed by atoms with Gasteiger partial charge in [0.05, 0.1) is 18.0 Å². The van der Waals surface area contributed by atoms with Crippen LogP contribution in [0.1, 0.15) is 39.0 Å². The minimum absolute atomic E-state index is 0.0530. The first-order valence-corrected chi connectivity index (χ1v) is 11.2. The predicted molar refractivity (Wildman–Crippen MR) is 99.9 cm³/mol. The van der Waals surface area contributed by atoms with E-state index in [4.69, 9.17) is 11.6 Å². The van der Waals surface area contributed by atoms with Crippen molar-refractivity contribution in [3.63, 3.8) is 0 Å². The summed E-state index contributed by atoms with van der Waals surface area (Å²) in [7, 11) is -3.18. The highest BCUT2D eigenvalue weighted by molar-refractivity contribution is 7.88. The Morgan fingerprint density at radius 3 is 2.72 bits per heavy atom. The molecule has 2 heterocycles. The Kier molecular flexibility index (Phi) is 4.16. The number of rotatable bonds is 2. The van der Waals surface area contributed by atoms with Gasteiger partial charge < -0.3 is 4.90 Å². The summed E-state index contributed by atoms with van der Waals surface area (Å²) < 4.78 is 26.2. The van der Waals surface area contributed by atoms with Crippen molar-refractivity contribution < 1.29 is 8.42 Å². The van der Waals surface area contributed by atoms with E-state index in [-0.39, 0.29) is 17.6 Å². The number of fused-ring (bicyclic) bond motifs is 2. The van der Waals surface area contributed by atoms with Crippen LogP contribution in [-0.2, 0) is 10.0 Å². The lowest BCUT2D eigenvalue weighted by molar-refractivity contribution is 0.0654. The standard InChI is InChI=1S/C17H25ClN4O2S/c1-17-10-12(18)9-16(13(17)11-19-20-17)21-7-8-22(25(2,23)24)15-6-4-3-5-14(15)21/h9,11,14-15,20H,3-8,10H2,1-2H3. The zero-order chi connectivity index (χ0) is 17.8. The van der Waals surface area contributed by atoms with Crippen LogP contribution in [0, 0.1) is 0 Å². The van der Waals surface area contributed by atoms with E-state index in [1.54, 1.807) is 4.31 Å². The van der Waals surface area contributed by atoms with Crippen molar-refractivity contribution in [2.45, 2.75) is 56.7 Å². The molecule has 0 bridgehead atoms. The summed E-state index contributed by atoms with van der Waals surface area (Å²) in [4.78, 5) is 2.39. The number of hydrogen-bond donors (Lipinski definition) is 1. The molecule has 0 aromatic heterocycles. The van der Waals surface area contributed by atoms with Crippen LogP contribution in [0.4, 0.5) is 0 Å². The third-order valence-corrected chi connectivity index (χ3v) is 7.50. The second-order valence-electron chi connectivity index (χ2n) is 7.76. The lowest BCUT2D eigenvalue weighted by Crippen LogP contribution is -2.61. The van der Waals surface area contributed by atoms with Crippen LogP contribution in [0.2, 0.25) is 0 Å². The Balaban J connectivity index is 1.74. The molecule has 6 nitrogen and oxygen atoms in total. The number of hydrogen-bond acceptors (Lipinski definition) is 5. The third-order valence-electron chi connectivity index (χ3n) is 5.95. The predicted octanol–water partition coefficient (Wildman–Crippen LogP) is 2.00. The summed E-state index contributed by atoms with van der Waals surface area (Å²) in [6.07, 6.45) is 10.2. The molecular formula is C17H25ClN4O2S. The van der Waals surface area contributed by atoms with Gasteiger partial charge in [-0.1, -0.05) is 24.4 Å². The van der Waals surface area contributed by atoms with Crippen LogP contribution in [0.25, 0.3) is 0 Å². The van der Waals surface area contributed by atoms with Gasteiger partial charge in [-0.25, -0.2) is 8.42 Å². The minimum Gasteiger partial charge on any atom is -0.365 e. The summed E-state index contributed by atoms with van der Waals surface area (Å²) in [5.74, 6) is 0. The van der Waals surface area contributed by atoms with Gasteiger partial charge in [0, 0.05) is 47.9 Å². The first-order chi connectivity index (χ1) is 11.8. The van der Waals surface area contributed by atoms with Gasteiger partial charge >= 0.3 is 0 Å². The monoisotopic (exact) mass is 384 g/mol. The molecule has 2 fully saturated rings. The highest BCUT2D eigenvalue weighted by Gasteiger charge is 2.45. The average molecular weight is 385 g/mol. The van der Waals surface area contributed by atoms with Crippen LogP contribution < -0.4 is 5.43 Å². The van der Waals surface area contributed by atoms with E-state index in [0.717, 1.165) is 48.4 Å². The normalized spacial score (nSPS) is 36.0. The molecule has 25 heavy (non-hydrogen) atoms. The molecule has 0 aromatic rings. The summed E-state index contributed by atoms with van der Waals surface area (Å²) in [6, 6.07) is 0.258. The Hall–Kier alpha value is -1.05. The van der Waals surface area contributed by atoms with Crippen molar-refractivity contribution in [3.05, 3.63) is 22.4 Å². The van der Waals surface area contributed by atoms with Crippen molar-refractivity contribution in [1.82, 2.24) is 14.6 Å². The SMILES string of the molecule is CC12CC(Cl)=CC(N3CCN(S(C)(=O)=O)C4CCCCC43)=C1C=NN2. The van der Waals surface area contributed by atoms with E-state index in [2.05, 4.69) is 28.4 Å². The van der Waals surface area contributed by atoms with Gasteiger partial charge in [-0.05, 0) is 25.8 Å². The van der Waals surface area contributed by atoms with Crippen LogP contribution in [0.5, 0.6) is 0 Å². The molecule has 1 saturated carbocycles. The van der Waals surface area contributed by atoms with E-state index in [1.807, 2.05) is 6.21 Å². The van der Waals surface area contributed by atoms with Gasteiger partial charge in [0.25, 0.3) is 0 Å². The maximum Gasteiger partial charge on any atom is 0.211 e. The number of hydrazone groups is 1. The minimum atomic E-state index is -3.18. The average Bonchev–Trinajstić information content (AvgIpc) is 2.93. The summed E-state index contributed by atoms with van der Waals surface area (Å²) >= 11 is 6.46. The first-order valence-electron chi connectivity index (χ1n) is 8.94. The Labute approximate surface area is 154 Å². The number of sulfonamides is 1. The van der Waals surface area contributed by atoms with Crippen LogP contribution >= 0.6 is 11.6 Å². The van der Waals surface area contributed by atoms with Crippen molar-refractivity contribution in [3.8, 4) is 0 Å². The molecule has 2 aliphatic carbocycles. The molecule has 0 amide bonds. The number of piperazine rings is 1. The third kappa shape index (κ3) is 2.90. The molecule has 138 valence electrons. The second kappa shape index (κ2) is 5.99. The van der Waals surface area contributed by atoms with Crippen LogP contribution in [0.3, 0.4) is 0 Å². The lowest BCUT2D eigenvalue weighted by atomic mass is 9.82. The highest BCUT2D eigenvalue weighted by Crippen LogP contribution is 2.41. The van der Waals surface area contributed by atoms with Gasteiger partial charge in [-0.3, -0.25) is 5.43 Å². The first kappa shape index (κ1) is 17.4. The molecule has 1 saturated heterocycles. The smallest absolute Gasteiger partial charge is 0.211 e. The lowest BCUT2D eigenvalue weighted by Gasteiger charge is -2.51. The number of halogens is 1. The molecular weight excluding hydrogens is 360 g/mol. The quantitative estimate of drug-likeness (QED) is 0.790. The summed E-state index contributed by atoms with van der Waals surface area (Å²) in [5, 5.41) is 5.10. The molecule has 3 atom stereocenters. The molecule has 8 heteroatoms. The molecule has 0 radical (unpaired) electrons. The topological polar surface area (TPSA) is 65.0 Å². The van der Waals surface area contributed by atoms with Crippen molar-refractivity contribution in [2.75, 3.05) is 19.3 Å². The van der Waals surface area contributed by atoms with Gasteiger partial charge in [0.1, 0.15) is 0 Å². The van der Waals surface area contributed by atoms with Gasteiger partial charge in [0.2, 0.25) is 10.0 Å². The molecule has 0 aromatic carbocycles. The highest BCUT2D eigenvalue weighted by atomic mass is 35.5. The maximum absolute atomic E-state index is 12.2. The molecule has 4 rings (SSSR count). The molecule has 4 aliphatic rings. The van der Waals surface area contributed by atoms with E-state index < -0.39 is 10.0 Å². The summed E-state index contributed by atoms with van der Waals surface area (Å²) in [6.45, 7) is 3.34. The van der Waals surface area contributed by atoms with E-state index in [0.29, 0.717) is 13.1 Å². The number of nitrogens with one attached hydrogen (secondary N) is 1. The second-order valence-corrected chi connectivity index (χ2v) is 10.2. The maximum atomic E-state index is 12.2. The van der Waals surface area contributed by atoms with Crippen LogP contribution in [-0.4, -0.2) is 60.8 Å². The molecule has 1 N–H and O–H groups in total. The van der Waals surface area contributed by atoms with Gasteiger partial charge in [-0.2, -0.15) is 9.41 Å². The van der Waals surface area contributed by atoms with Crippen molar-refractivity contribution in [1.29, 1.82) is 0 Å². The molecule has 3 unspecified atom stereocenters. The molecule has 2 aliphatic heterocycles. The van der Waals surface area contributed by atoms with E-state index in [1.165, 1.54) is 6.26 Å². The zero-order valence-corrected chi connectivity index (χ0v) is 16.3. The van der Waals surface area contributed by atoms with Gasteiger partial charge in [-0.15, -0.1) is 0 Å². The van der Waals surface area contributed by atoms with Crippen LogP contribution in [0.15, 0.2) is 27.5 Å². The fourth-order valence-electron chi connectivity index (χ4n) is 4.82. The Morgan fingerprint density at radius 2 is 2.00 bits per heavy atom. The fourth-order valence-corrected chi connectivity index (χ4v) is 6.34. The summed E-state index contributed by atoms with van der Waals surface area (Å²) in [5.41, 5.74) is 5.20. The number of allylic oxidation sites excluding steroid dienone is 1. The van der Waals surface area contributed by atoms with Crippen molar-refractivity contribution >= 4 is 27.8 Å². The van der Waals surface area contributed by atoms with Crippen molar-refractivity contribution in [2.24, 2.45) is 5.10 Å². The fraction of sp³-hybridized carbons (Fsp3) is 0.706. The molecule has 0 spiro atoms.